The molecule has 0 saturated heterocycles. The summed E-state index contributed by atoms with van der Waals surface area (Å²) in [7, 11) is 0. The van der Waals surface area contributed by atoms with Gasteiger partial charge >= 0.3 is 5.97 Å². The summed E-state index contributed by atoms with van der Waals surface area (Å²) in [6.07, 6.45) is 0. The maximum atomic E-state index is 11.8. The van der Waals surface area contributed by atoms with Crippen LogP contribution >= 0.6 is 11.3 Å². The minimum Gasteiger partial charge on any atom is -0.461 e. The van der Waals surface area contributed by atoms with Crippen molar-refractivity contribution in [2.24, 2.45) is 5.92 Å². The Kier molecular flexibility index (Phi) is 4.26. The maximum absolute atomic E-state index is 11.8. The Morgan fingerprint density at radius 1 is 1.53 bits per heavy atom. The zero-order valence-electron chi connectivity index (χ0n) is 11.2. The first-order valence-electron chi connectivity index (χ1n) is 6.02. The molecule has 0 aliphatic heterocycles. The van der Waals surface area contributed by atoms with E-state index in [-0.39, 0.29) is 5.69 Å². The lowest BCUT2D eigenvalue weighted by Crippen LogP contribution is -2.12. The summed E-state index contributed by atoms with van der Waals surface area (Å²) >= 11 is 1.52. The third-order valence-corrected chi connectivity index (χ3v) is 3.15. The normalized spacial score (nSPS) is 10.9. The molecular formula is C12H16N4O2S. The van der Waals surface area contributed by atoms with Crippen molar-refractivity contribution in [2.45, 2.75) is 27.3 Å². The molecule has 0 N–H and O–H groups in total. The van der Waals surface area contributed by atoms with Crippen LogP contribution in [0.4, 0.5) is 0 Å². The number of carbonyl (C=O) groups excluding carboxylic acids is 1. The van der Waals surface area contributed by atoms with Crippen molar-refractivity contribution >= 4 is 17.3 Å². The number of rotatable bonds is 5. The average molecular weight is 280 g/mol. The molecule has 0 saturated carbocycles. The van der Waals surface area contributed by atoms with Gasteiger partial charge in [0.15, 0.2) is 5.69 Å². The fourth-order valence-electron chi connectivity index (χ4n) is 1.48. The molecular weight excluding hydrogens is 264 g/mol. The highest BCUT2D eigenvalue weighted by Gasteiger charge is 2.18. The highest BCUT2D eigenvalue weighted by molar-refractivity contribution is 7.07. The summed E-state index contributed by atoms with van der Waals surface area (Å²) < 4.78 is 6.80. The molecule has 0 aliphatic carbocycles. The molecule has 0 bridgehead atoms. The van der Waals surface area contributed by atoms with E-state index in [1.807, 2.05) is 19.2 Å². The third kappa shape index (κ3) is 3.37. The lowest BCUT2D eigenvalue weighted by molar-refractivity contribution is 0.0451. The van der Waals surface area contributed by atoms with Crippen molar-refractivity contribution in [3.05, 3.63) is 28.0 Å². The first-order valence-corrected chi connectivity index (χ1v) is 6.96. The van der Waals surface area contributed by atoms with Crippen molar-refractivity contribution in [1.82, 2.24) is 20.0 Å². The molecule has 0 amide bonds. The number of hydrogen-bond acceptors (Lipinski definition) is 6. The molecule has 7 heteroatoms. The van der Waals surface area contributed by atoms with Crippen LogP contribution in [-0.2, 0) is 11.3 Å². The van der Waals surface area contributed by atoms with Gasteiger partial charge in [-0.3, -0.25) is 0 Å². The van der Waals surface area contributed by atoms with E-state index in [0.717, 1.165) is 5.69 Å². The fraction of sp³-hybridized carbons (Fsp3) is 0.500. The molecule has 2 rings (SSSR count). The second-order valence-electron chi connectivity index (χ2n) is 4.65. The fourth-order valence-corrected chi connectivity index (χ4v) is 2.03. The topological polar surface area (TPSA) is 69.9 Å². The number of aromatic nitrogens is 4. The Hall–Kier alpha value is -1.76. The molecule has 6 nitrogen and oxygen atoms in total. The molecule has 19 heavy (non-hydrogen) atoms. The predicted octanol–water partition coefficient (Wildman–Crippen LogP) is 1.90. The molecule has 0 spiro atoms. The molecule has 2 heterocycles. The predicted molar refractivity (Wildman–Crippen MR) is 71.1 cm³/mol. The summed E-state index contributed by atoms with van der Waals surface area (Å²) in [4.78, 5) is 16.0. The van der Waals surface area contributed by atoms with E-state index in [4.69, 9.17) is 4.74 Å². The highest BCUT2D eigenvalue weighted by atomic mass is 32.1. The SMILES string of the molecule is Cc1c(C(=O)OCC(C)C)nnn1Cc1cscn1. The number of esters is 1. The van der Waals surface area contributed by atoms with Gasteiger partial charge in [-0.05, 0) is 12.8 Å². The summed E-state index contributed by atoms with van der Waals surface area (Å²) in [5, 5.41) is 9.80. The quantitative estimate of drug-likeness (QED) is 0.782. The monoisotopic (exact) mass is 280 g/mol. The van der Waals surface area contributed by atoms with Gasteiger partial charge in [-0.25, -0.2) is 14.5 Å². The van der Waals surface area contributed by atoms with Crippen LogP contribution in [0, 0.1) is 12.8 Å². The van der Waals surface area contributed by atoms with Gasteiger partial charge in [0, 0.05) is 5.38 Å². The van der Waals surface area contributed by atoms with Gasteiger partial charge in [0.05, 0.1) is 30.1 Å². The summed E-state index contributed by atoms with van der Waals surface area (Å²) in [6, 6.07) is 0. The van der Waals surface area contributed by atoms with Crippen molar-refractivity contribution in [1.29, 1.82) is 0 Å². The molecule has 102 valence electrons. The van der Waals surface area contributed by atoms with Gasteiger partial charge in [0.1, 0.15) is 0 Å². The second-order valence-corrected chi connectivity index (χ2v) is 5.37. The van der Waals surface area contributed by atoms with Crippen molar-refractivity contribution in [3.63, 3.8) is 0 Å². The molecule has 2 aromatic heterocycles. The number of hydrogen-bond donors (Lipinski definition) is 0. The van der Waals surface area contributed by atoms with Crippen LogP contribution < -0.4 is 0 Å². The van der Waals surface area contributed by atoms with E-state index < -0.39 is 5.97 Å². The maximum Gasteiger partial charge on any atom is 0.360 e. The van der Waals surface area contributed by atoms with Gasteiger partial charge in [-0.2, -0.15) is 0 Å². The summed E-state index contributed by atoms with van der Waals surface area (Å²) in [6.45, 7) is 6.67. The minimum absolute atomic E-state index is 0.274. The number of carbonyl (C=O) groups is 1. The molecule has 0 radical (unpaired) electrons. The van der Waals surface area contributed by atoms with Crippen molar-refractivity contribution < 1.29 is 9.53 Å². The van der Waals surface area contributed by atoms with E-state index >= 15 is 0 Å². The van der Waals surface area contributed by atoms with Gasteiger partial charge in [-0.15, -0.1) is 16.4 Å². The van der Waals surface area contributed by atoms with Crippen LogP contribution in [-0.4, -0.2) is 32.6 Å². The van der Waals surface area contributed by atoms with Crippen LogP contribution in [0.3, 0.4) is 0 Å². The van der Waals surface area contributed by atoms with Crippen LogP contribution in [0.2, 0.25) is 0 Å². The van der Waals surface area contributed by atoms with E-state index in [2.05, 4.69) is 15.3 Å². The number of nitrogens with zero attached hydrogens (tertiary/aromatic N) is 4. The highest BCUT2D eigenvalue weighted by Crippen LogP contribution is 2.10. The van der Waals surface area contributed by atoms with E-state index in [0.29, 0.717) is 24.8 Å². The number of ether oxygens (including phenoxy) is 1. The largest absolute Gasteiger partial charge is 0.461 e. The molecule has 2 aromatic rings. The Bertz CT molecular complexity index is 548. The van der Waals surface area contributed by atoms with Crippen LogP contribution in [0.5, 0.6) is 0 Å². The van der Waals surface area contributed by atoms with E-state index in [1.165, 1.54) is 11.3 Å². The Balaban J connectivity index is 2.07. The molecule has 0 aliphatic rings. The molecule has 0 fully saturated rings. The van der Waals surface area contributed by atoms with Gasteiger partial charge in [0.25, 0.3) is 0 Å². The van der Waals surface area contributed by atoms with E-state index in [1.54, 1.807) is 17.1 Å². The standard InChI is InChI=1S/C12H16N4O2S/c1-8(2)5-18-12(17)11-9(3)16(15-14-11)4-10-6-19-7-13-10/h6-8H,4-5H2,1-3H3. The van der Waals surface area contributed by atoms with Crippen LogP contribution in [0.1, 0.15) is 35.7 Å². The Morgan fingerprint density at radius 3 is 2.95 bits per heavy atom. The lowest BCUT2D eigenvalue weighted by atomic mass is 10.2. The summed E-state index contributed by atoms with van der Waals surface area (Å²) in [5.74, 6) is -0.120. The Morgan fingerprint density at radius 2 is 2.32 bits per heavy atom. The average Bonchev–Trinajstić information content (AvgIpc) is 2.98. The summed E-state index contributed by atoms with van der Waals surface area (Å²) in [5.41, 5.74) is 3.64. The third-order valence-electron chi connectivity index (χ3n) is 2.52. The van der Waals surface area contributed by atoms with Crippen molar-refractivity contribution in [2.75, 3.05) is 6.61 Å². The van der Waals surface area contributed by atoms with Gasteiger partial charge in [0.2, 0.25) is 0 Å². The zero-order chi connectivity index (χ0) is 13.8. The first kappa shape index (κ1) is 13.7. The smallest absolute Gasteiger partial charge is 0.360 e. The van der Waals surface area contributed by atoms with E-state index in [9.17, 15) is 4.79 Å². The molecule has 0 atom stereocenters. The molecule has 0 unspecified atom stereocenters. The van der Waals surface area contributed by atoms with Crippen LogP contribution in [0.15, 0.2) is 10.9 Å². The Labute approximate surface area is 115 Å². The second kappa shape index (κ2) is 5.92. The van der Waals surface area contributed by atoms with Crippen molar-refractivity contribution in [3.8, 4) is 0 Å². The minimum atomic E-state index is -0.421. The zero-order valence-corrected chi connectivity index (χ0v) is 12.0. The van der Waals surface area contributed by atoms with Crippen LogP contribution in [0.25, 0.3) is 0 Å². The lowest BCUT2D eigenvalue weighted by Gasteiger charge is -2.05. The number of thiazole rings is 1. The van der Waals surface area contributed by atoms with Gasteiger partial charge in [-0.1, -0.05) is 19.1 Å². The first-order chi connectivity index (χ1) is 9.08. The molecule has 0 aromatic carbocycles. The van der Waals surface area contributed by atoms with Gasteiger partial charge < -0.3 is 4.74 Å².